The molecule has 1 saturated carbocycles. The minimum absolute atomic E-state index is 0.200. The Labute approximate surface area is 102 Å². The third kappa shape index (κ3) is 4.35. The topological polar surface area (TPSA) is 21.3 Å². The largest absolute Gasteiger partial charge is 0.383 e. The van der Waals surface area contributed by atoms with Gasteiger partial charge in [0.15, 0.2) is 0 Å². The van der Waals surface area contributed by atoms with Crippen molar-refractivity contribution in [2.24, 2.45) is 0 Å². The Kier molecular flexibility index (Phi) is 4.80. The van der Waals surface area contributed by atoms with Gasteiger partial charge in [0.2, 0.25) is 0 Å². The Bertz CT molecular complexity index is 319. The average Bonchev–Trinajstić information content (AvgIpc) is 2.38. The van der Waals surface area contributed by atoms with Crippen molar-refractivity contribution in [2.45, 2.75) is 38.2 Å². The van der Waals surface area contributed by atoms with Crippen LogP contribution in [0.5, 0.6) is 0 Å². The summed E-state index contributed by atoms with van der Waals surface area (Å²) in [6, 6.07) is 6.42. The van der Waals surface area contributed by atoms with Crippen LogP contribution in [0.1, 0.15) is 32.1 Å². The fourth-order valence-electron chi connectivity index (χ4n) is 2.22. The molecule has 0 atom stereocenters. The van der Waals surface area contributed by atoms with Crippen molar-refractivity contribution in [2.75, 3.05) is 18.5 Å². The molecule has 1 aromatic rings. The zero-order valence-electron chi connectivity index (χ0n) is 10.1. The monoisotopic (exact) mass is 237 g/mol. The van der Waals surface area contributed by atoms with Crippen LogP contribution < -0.4 is 5.32 Å². The van der Waals surface area contributed by atoms with Crippen molar-refractivity contribution < 1.29 is 9.13 Å². The summed E-state index contributed by atoms with van der Waals surface area (Å²) in [5.41, 5.74) is 0.943. The van der Waals surface area contributed by atoms with Crippen LogP contribution >= 0.6 is 0 Å². The van der Waals surface area contributed by atoms with E-state index in [9.17, 15) is 4.39 Å². The summed E-state index contributed by atoms with van der Waals surface area (Å²) >= 11 is 0. The van der Waals surface area contributed by atoms with Gasteiger partial charge in [0.1, 0.15) is 5.82 Å². The Morgan fingerprint density at radius 3 is 2.53 bits per heavy atom. The third-order valence-electron chi connectivity index (χ3n) is 3.18. The van der Waals surface area contributed by atoms with Crippen LogP contribution in [0.25, 0.3) is 0 Å². The summed E-state index contributed by atoms with van der Waals surface area (Å²) in [6.07, 6.45) is 6.83. The molecule has 2 nitrogen and oxygen atoms in total. The molecule has 0 saturated heterocycles. The van der Waals surface area contributed by atoms with Gasteiger partial charge in [-0.2, -0.15) is 0 Å². The molecular weight excluding hydrogens is 217 g/mol. The molecular formula is C14H20FNO. The van der Waals surface area contributed by atoms with E-state index in [1.165, 1.54) is 44.2 Å². The zero-order chi connectivity index (χ0) is 11.9. The lowest BCUT2D eigenvalue weighted by atomic mass is 9.98. The molecule has 17 heavy (non-hydrogen) atoms. The number of halogens is 1. The highest BCUT2D eigenvalue weighted by atomic mass is 19.1. The summed E-state index contributed by atoms with van der Waals surface area (Å²) in [6.45, 7) is 1.50. The first-order valence-electron chi connectivity index (χ1n) is 6.45. The second kappa shape index (κ2) is 6.60. The van der Waals surface area contributed by atoms with E-state index in [2.05, 4.69) is 5.32 Å². The van der Waals surface area contributed by atoms with Gasteiger partial charge in [-0.25, -0.2) is 4.39 Å². The molecule has 1 aromatic carbocycles. The van der Waals surface area contributed by atoms with Gasteiger partial charge in [0, 0.05) is 12.2 Å². The van der Waals surface area contributed by atoms with Crippen LogP contribution in [-0.2, 0) is 4.74 Å². The van der Waals surface area contributed by atoms with Gasteiger partial charge in [0.25, 0.3) is 0 Å². The number of hydrogen-bond donors (Lipinski definition) is 1. The average molecular weight is 237 g/mol. The van der Waals surface area contributed by atoms with Crippen molar-refractivity contribution in [1.82, 2.24) is 0 Å². The van der Waals surface area contributed by atoms with Gasteiger partial charge in [-0.15, -0.1) is 0 Å². The molecule has 0 aliphatic heterocycles. The summed E-state index contributed by atoms with van der Waals surface area (Å²) in [5.74, 6) is -0.200. The van der Waals surface area contributed by atoms with E-state index in [-0.39, 0.29) is 5.82 Å². The quantitative estimate of drug-likeness (QED) is 0.790. The lowest BCUT2D eigenvalue weighted by Gasteiger charge is -2.22. The van der Waals surface area contributed by atoms with E-state index in [0.717, 1.165) is 18.8 Å². The molecule has 1 N–H and O–H groups in total. The van der Waals surface area contributed by atoms with Gasteiger partial charge in [-0.05, 0) is 37.1 Å². The van der Waals surface area contributed by atoms with Gasteiger partial charge < -0.3 is 10.1 Å². The second-order valence-electron chi connectivity index (χ2n) is 4.56. The molecule has 0 aromatic heterocycles. The minimum Gasteiger partial charge on any atom is -0.383 e. The minimum atomic E-state index is -0.200. The predicted molar refractivity (Wildman–Crippen MR) is 67.7 cm³/mol. The summed E-state index contributed by atoms with van der Waals surface area (Å²) in [5, 5.41) is 3.22. The van der Waals surface area contributed by atoms with Crippen LogP contribution in [0.3, 0.4) is 0 Å². The van der Waals surface area contributed by atoms with E-state index in [1.54, 1.807) is 12.1 Å². The lowest BCUT2D eigenvalue weighted by molar-refractivity contribution is 0.0347. The van der Waals surface area contributed by atoms with Crippen LogP contribution in [0.2, 0.25) is 0 Å². The van der Waals surface area contributed by atoms with Gasteiger partial charge in [0.05, 0.1) is 12.7 Å². The molecule has 1 fully saturated rings. The number of ether oxygens (including phenoxy) is 1. The summed E-state index contributed by atoms with van der Waals surface area (Å²) in [7, 11) is 0. The van der Waals surface area contributed by atoms with Crippen LogP contribution in [0.15, 0.2) is 24.3 Å². The van der Waals surface area contributed by atoms with Gasteiger partial charge >= 0.3 is 0 Å². The zero-order valence-corrected chi connectivity index (χ0v) is 10.1. The number of anilines is 1. The maximum atomic E-state index is 12.7. The Morgan fingerprint density at radius 1 is 1.12 bits per heavy atom. The molecule has 1 aliphatic carbocycles. The number of hydrogen-bond acceptors (Lipinski definition) is 2. The predicted octanol–water partition coefficient (Wildman–Crippen LogP) is 3.59. The van der Waals surface area contributed by atoms with Crippen molar-refractivity contribution >= 4 is 5.69 Å². The molecule has 2 rings (SSSR count). The van der Waals surface area contributed by atoms with Gasteiger partial charge in [-0.3, -0.25) is 0 Å². The molecule has 3 heteroatoms. The highest BCUT2D eigenvalue weighted by molar-refractivity contribution is 5.42. The third-order valence-corrected chi connectivity index (χ3v) is 3.18. The lowest BCUT2D eigenvalue weighted by Crippen LogP contribution is -2.20. The fourth-order valence-corrected chi connectivity index (χ4v) is 2.22. The molecule has 0 bridgehead atoms. The molecule has 0 spiro atoms. The first kappa shape index (κ1) is 12.4. The van der Waals surface area contributed by atoms with Crippen LogP contribution in [-0.4, -0.2) is 19.3 Å². The highest BCUT2D eigenvalue weighted by Crippen LogP contribution is 2.20. The highest BCUT2D eigenvalue weighted by Gasteiger charge is 2.12. The van der Waals surface area contributed by atoms with E-state index in [1.807, 2.05) is 0 Å². The SMILES string of the molecule is Fc1ccc(NCCOC2CCCCC2)cc1. The molecule has 0 radical (unpaired) electrons. The van der Waals surface area contributed by atoms with Gasteiger partial charge in [-0.1, -0.05) is 19.3 Å². The first-order valence-corrected chi connectivity index (χ1v) is 6.45. The normalized spacial score (nSPS) is 17.0. The standard InChI is InChI=1S/C14H20FNO/c15-12-6-8-13(9-7-12)16-10-11-17-14-4-2-1-3-5-14/h6-9,14,16H,1-5,10-11H2. The van der Waals surface area contributed by atoms with Crippen molar-refractivity contribution in [1.29, 1.82) is 0 Å². The molecule has 94 valence electrons. The first-order chi connectivity index (χ1) is 8.34. The van der Waals surface area contributed by atoms with Crippen LogP contribution in [0.4, 0.5) is 10.1 Å². The number of rotatable bonds is 5. The van der Waals surface area contributed by atoms with Crippen molar-refractivity contribution in [3.8, 4) is 0 Å². The summed E-state index contributed by atoms with van der Waals surface area (Å²) in [4.78, 5) is 0. The second-order valence-corrected chi connectivity index (χ2v) is 4.56. The summed E-state index contributed by atoms with van der Waals surface area (Å²) < 4.78 is 18.5. The van der Waals surface area contributed by atoms with Crippen LogP contribution in [0, 0.1) is 5.82 Å². The maximum absolute atomic E-state index is 12.7. The number of nitrogens with one attached hydrogen (secondary N) is 1. The molecule has 0 unspecified atom stereocenters. The maximum Gasteiger partial charge on any atom is 0.123 e. The smallest absolute Gasteiger partial charge is 0.123 e. The van der Waals surface area contributed by atoms with Crippen molar-refractivity contribution in [3.63, 3.8) is 0 Å². The Hall–Kier alpha value is -1.09. The molecule has 0 heterocycles. The van der Waals surface area contributed by atoms with Crippen molar-refractivity contribution in [3.05, 3.63) is 30.1 Å². The van der Waals surface area contributed by atoms with E-state index in [4.69, 9.17) is 4.74 Å². The van der Waals surface area contributed by atoms with E-state index in [0.29, 0.717) is 6.10 Å². The Morgan fingerprint density at radius 2 is 1.82 bits per heavy atom. The Balaban J connectivity index is 1.60. The van der Waals surface area contributed by atoms with E-state index >= 15 is 0 Å². The number of benzene rings is 1. The fraction of sp³-hybridized carbons (Fsp3) is 0.571. The molecule has 1 aliphatic rings. The van der Waals surface area contributed by atoms with E-state index < -0.39 is 0 Å². The molecule has 0 amide bonds.